The number of rotatable bonds is 4. The molecule has 2 rings (SSSR count). The van der Waals surface area contributed by atoms with Crippen molar-refractivity contribution in [1.29, 1.82) is 0 Å². The van der Waals surface area contributed by atoms with E-state index in [1.54, 1.807) is 11.0 Å². The van der Waals surface area contributed by atoms with E-state index in [0.717, 1.165) is 0 Å². The minimum Gasteiger partial charge on any atom is -0.355 e. The van der Waals surface area contributed by atoms with E-state index in [2.05, 4.69) is 5.32 Å². The van der Waals surface area contributed by atoms with Crippen LogP contribution >= 0.6 is 0 Å². The van der Waals surface area contributed by atoms with Crippen LogP contribution in [0, 0.1) is 5.82 Å². The molecule has 1 N–H and O–H groups in total. The van der Waals surface area contributed by atoms with E-state index in [4.69, 9.17) is 0 Å². The van der Waals surface area contributed by atoms with Gasteiger partial charge < -0.3 is 10.2 Å². The van der Waals surface area contributed by atoms with Crippen molar-refractivity contribution in [2.75, 3.05) is 39.3 Å². The molecule has 0 atom stereocenters. The highest BCUT2D eigenvalue weighted by Gasteiger charge is 2.23. The van der Waals surface area contributed by atoms with Crippen molar-refractivity contribution in [3.8, 4) is 0 Å². The molecule has 0 unspecified atom stereocenters. The van der Waals surface area contributed by atoms with Crippen molar-refractivity contribution >= 4 is 11.8 Å². The number of halogens is 1. The number of amides is 2. The molecular weight excluding hydrogens is 273 g/mol. The summed E-state index contributed by atoms with van der Waals surface area (Å²) in [4.78, 5) is 27.5. The summed E-state index contributed by atoms with van der Waals surface area (Å²) >= 11 is 0. The van der Waals surface area contributed by atoms with Gasteiger partial charge in [-0.25, -0.2) is 4.39 Å². The van der Waals surface area contributed by atoms with Gasteiger partial charge in [0.05, 0.1) is 6.54 Å². The van der Waals surface area contributed by atoms with E-state index in [1.807, 2.05) is 11.8 Å². The predicted octanol–water partition coefficient (Wildman–Crippen LogP) is 0.720. The lowest BCUT2D eigenvalue weighted by Crippen LogP contribution is -2.51. The van der Waals surface area contributed by atoms with E-state index in [0.29, 0.717) is 44.8 Å². The number of nitrogens with zero attached hydrogens (tertiary/aromatic N) is 2. The number of piperazine rings is 1. The Bertz CT molecular complexity index is 513. The van der Waals surface area contributed by atoms with Crippen LogP contribution in [0.1, 0.15) is 17.3 Å². The van der Waals surface area contributed by atoms with E-state index >= 15 is 0 Å². The Balaban J connectivity index is 1.86. The summed E-state index contributed by atoms with van der Waals surface area (Å²) in [6.07, 6.45) is 0. The van der Waals surface area contributed by atoms with Gasteiger partial charge in [0.1, 0.15) is 5.82 Å². The van der Waals surface area contributed by atoms with Crippen LogP contribution in [0.5, 0.6) is 0 Å². The summed E-state index contributed by atoms with van der Waals surface area (Å²) in [5, 5.41) is 2.76. The highest BCUT2D eigenvalue weighted by molar-refractivity contribution is 5.94. The Hall–Kier alpha value is -1.95. The van der Waals surface area contributed by atoms with Gasteiger partial charge in [-0.05, 0) is 25.1 Å². The highest BCUT2D eigenvalue weighted by atomic mass is 19.1. The monoisotopic (exact) mass is 293 g/mol. The fraction of sp³-hybridized carbons (Fsp3) is 0.467. The standard InChI is InChI=1S/C15H20FN3O2/c1-2-17-14(20)11-18-6-8-19(9-7-18)15(21)12-4-3-5-13(16)10-12/h3-5,10H,2,6-9,11H2,1H3,(H,17,20). The summed E-state index contributed by atoms with van der Waals surface area (Å²) < 4.78 is 13.1. The van der Waals surface area contributed by atoms with Gasteiger partial charge in [0.25, 0.3) is 5.91 Å². The molecule has 21 heavy (non-hydrogen) atoms. The number of carbonyl (C=O) groups is 2. The van der Waals surface area contributed by atoms with Crippen LogP contribution in [0.25, 0.3) is 0 Å². The molecule has 0 bridgehead atoms. The number of carbonyl (C=O) groups excluding carboxylic acids is 2. The first-order valence-electron chi connectivity index (χ1n) is 7.14. The molecule has 1 aliphatic heterocycles. The van der Waals surface area contributed by atoms with Crippen molar-refractivity contribution in [2.24, 2.45) is 0 Å². The van der Waals surface area contributed by atoms with Crippen molar-refractivity contribution in [3.63, 3.8) is 0 Å². The molecule has 1 heterocycles. The lowest BCUT2D eigenvalue weighted by atomic mass is 10.1. The zero-order valence-corrected chi connectivity index (χ0v) is 12.1. The van der Waals surface area contributed by atoms with E-state index in [-0.39, 0.29) is 11.8 Å². The van der Waals surface area contributed by atoms with Gasteiger partial charge in [-0.1, -0.05) is 6.07 Å². The molecule has 114 valence electrons. The van der Waals surface area contributed by atoms with Crippen LogP contribution in [0.2, 0.25) is 0 Å². The van der Waals surface area contributed by atoms with Crippen molar-refractivity contribution in [3.05, 3.63) is 35.6 Å². The van der Waals surface area contributed by atoms with Crippen molar-refractivity contribution < 1.29 is 14.0 Å². The van der Waals surface area contributed by atoms with Gasteiger partial charge in [-0.2, -0.15) is 0 Å². The van der Waals surface area contributed by atoms with Gasteiger partial charge in [0.2, 0.25) is 5.91 Å². The minimum absolute atomic E-state index is 0.00223. The Morgan fingerprint density at radius 2 is 1.95 bits per heavy atom. The third-order valence-corrected chi connectivity index (χ3v) is 3.47. The SMILES string of the molecule is CCNC(=O)CN1CCN(C(=O)c2cccc(F)c2)CC1. The molecule has 1 aromatic rings. The molecule has 1 aliphatic rings. The summed E-state index contributed by atoms with van der Waals surface area (Å²) in [6, 6.07) is 5.73. The molecule has 0 aromatic heterocycles. The van der Waals surface area contributed by atoms with E-state index in [9.17, 15) is 14.0 Å². The maximum Gasteiger partial charge on any atom is 0.254 e. The Morgan fingerprint density at radius 3 is 2.57 bits per heavy atom. The zero-order chi connectivity index (χ0) is 15.2. The maximum atomic E-state index is 13.1. The lowest BCUT2D eigenvalue weighted by molar-refractivity contribution is -0.122. The van der Waals surface area contributed by atoms with Gasteiger partial charge in [0.15, 0.2) is 0 Å². The van der Waals surface area contributed by atoms with Crippen molar-refractivity contribution in [1.82, 2.24) is 15.1 Å². The van der Waals surface area contributed by atoms with Crippen LogP contribution in [0.3, 0.4) is 0 Å². The van der Waals surface area contributed by atoms with Gasteiger partial charge in [-0.3, -0.25) is 14.5 Å². The smallest absolute Gasteiger partial charge is 0.254 e. The molecular formula is C15H20FN3O2. The second-order valence-electron chi connectivity index (χ2n) is 5.03. The molecule has 5 nitrogen and oxygen atoms in total. The van der Waals surface area contributed by atoms with E-state index in [1.165, 1.54) is 18.2 Å². The Kier molecular flexibility index (Phi) is 5.27. The largest absolute Gasteiger partial charge is 0.355 e. The number of benzene rings is 1. The molecule has 0 spiro atoms. The first-order chi connectivity index (χ1) is 10.1. The minimum atomic E-state index is -0.407. The van der Waals surface area contributed by atoms with Gasteiger partial charge in [-0.15, -0.1) is 0 Å². The third-order valence-electron chi connectivity index (χ3n) is 3.47. The van der Waals surface area contributed by atoms with E-state index < -0.39 is 5.82 Å². The molecule has 0 radical (unpaired) electrons. The predicted molar refractivity (Wildman–Crippen MR) is 77.4 cm³/mol. The molecule has 1 fully saturated rings. The highest BCUT2D eigenvalue weighted by Crippen LogP contribution is 2.10. The maximum absolute atomic E-state index is 13.1. The second kappa shape index (κ2) is 7.17. The quantitative estimate of drug-likeness (QED) is 0.890. The zero-order valence-electron chi connectivity index (χ0n) is 12.1. The third kappa shape index (κ3) is 4.26. The summed E-state index contributed by atoms with van der Waals surface area (Å²) in [6.45, 7) is 5.26. The summed E-state index contributed by atoms with van der Waals surface area (Å²) in [5.74, 6) is -0.565. The van der Waals surface area contributed by atoms with Gasteiger partial charge >= 0.3 is 0 Å². The van der Waals surface area contributed by atoms with Crippen LogP contribution in [0.15, 0.2) is 24.3 Å². The van der Waals surface area contributed by atoms with Crippen LogP contribution < -0.4 is 5.32 Å². The number of hydrogen-bond acceptors (Lipinski definition) is 3. The average molecular weight is 293 g/mol. The normalized spacial score (nSPS) is 15.8. The Labute approximate surface area is 123 Å². The Morgan fingerprint density at radius 1 is 1.24 bits per heavy atom. The fourth-order valence-electron chi connectivity index (χ4n) is 2.37. The van der Waals surface area contributed by atoms with Crippen LogP contribution in [-0.2, 0) is 4.79 Å². The summed E-state index contributed by atoms with van der Waals surface area (Å²) in [7, 11) is 0. The second-order valence-corrected chi connectivity index (χ2v) is 5.03. The number of hydrogen-bond donors (Lipinski definition) is 1. The molecule has 1 saturated heterocycles. The molecule has 2 amide bonds. The van der Waals surface area contributed by atoms with Crippen molar-refractivity contribution in [2.45, 2.75) is 6.92 Å². The van der Waals surface area contributed by atoms with Gasteiger partial charge in [0, 0.05) is 38.3 Å². The lowest BCUT2D eigenvalue weighted by Gasteiger charge is -2.34. The average Bonchev–Trinajstić information content (AvgIpc) is 2.47. The number of nitrogens with one attached hydrogen (secondary N) is 1. The first kappa shape index (κ1) is 15.4. The fourth-order valence-corrected chi connectivity index (χ4v) is 2.37. The first-order valence-corrected chi connectivity index (χ1v) is 7.14. The topological polar surface area (TPSA) is 52.7 Å². The molecule has 6 heteroatoms. The van der Waals surface area contributed by atoms with Crippen LogP contribution in [-0.4, -0.2) is 60.9 Å². The number of likely N-dealkylation sites (N-methyl/N-ethyl adjacent to an activating group) is 1. The van der Waals surface area contributed by atoms with Crippen LogP contribution in [0.4, 0.5) is 4.39 Å². The molecule has 1 aromatic carbocycles. The molecule has 0 saturated carbocycles. The molecule has 0 aliphatic carbocycles. The summed E-state index contributed by atoms with van der Waals surface area (Å²) in [5.41, 5.74) is 0.368.